The Hall–Kier alpha value is -2.89. The molecule has 0 aliphatic heterocycles. The van der Waals surface area contributed by atoms with Gasteiger partial charge in [0.2, 0.25) is 5.95 Å². The van der Waals surface area contributed by atoms with Crippen LogP contribution in [-0.4, -0.2) is 48.7 Å². The van der Waals surface area contributed by atoms with Crippen LogP contribution in [0.3, 0.4) is 0 Å². The topological polar surface area (TPSA) is 123 Å². The molecule has 0 saturated heterocycles. The van der Waals surface area contributed by atoms with Gasteiger partial charge in [-0.15, -0.1) is 11.3 Å². The molecule has 5 rings (SSSR count). The summed E-state index contributed by atoms with van der Waals surface area (Å²) in [6.45, 7) is -0.00561. The standard InChI is InChI=1S/C24H23ClFN5O3S/c25-20-18(22-28-16-6-1-2-7-17(16)35-22)21(31-24(34)9-8-14(12-32)19(24)33)30-23(29-20)27-11-13-4-3-5-15(26)10-13/h1-7,10,14,19,32-34H,8-9,11-12H2,(H2,27,29,30,31). The maximum absolute atomic E-state index is 13.6. The van der Waals surface area contributed by atoms with Crippen LogP contribution in [0, 0.1) is 11.7 Å². The van der Waals surface area contributed by atoms with Gasteiger partial charge in [-0.1, -0.05) is 35.9 Å². The molecule has 1 fully saturated rings. The molecule has 11 heteroatoms. The molecular weight excluding hydrogens is 493 g/mol. The van der Waals surface area contributed by atoms with E-state index in [4.69, 9.17) is 11.6 Å². The molecule has 3 unspecified atom stereocenters. The van der Waals surface area contributed by atoms with E-state index in [-0.39, 0.29) is 42.3 Å². The number of benzene rings is 2. The minimum Gasteiger partial charge on any atom is -0.396 e. The summed E-state index contributed by atoms with van der Waals surface area (Å²) in [6.07, 6.45) is -0.582. The Morgan fingerprint density at radius 1 is 1.14 bits per heavy atom. The maximum Gasteiger partial charge on any atom is 0.226 e. The van der Waals surface area contributed by atoms with Crippen LogP contribution in [0.1, 0.15) is 18.4 Å². The lowest BCUT2D eigenvalue weighted by molar-refractivity contribution is -0.0545. The lowest BCUT2D eigenvalue weighted by Gasteiger charge is -2.30. The molecule has 2 aromatic carbocycles. The fraction of sp³-hybridized carbons (Fsp3) is 0.292. The lowest BCUT2D eigenvalue weighted by atomic mass is 10.0. The third kappa shape index (κ3) is 4.80. The van der Waals surface area contributed by atoms with Gasteiger partial charge in [-0.3, -0.25) is 0 Å². The average molecular weight is 516 g/mol. The Morgan fingerprint density at radius 2 is 1.97 bits per heavy atom. The first-order valence-electron chi connectivity index (χ1n) is 11.1. The molecule has 2 aromatic heterocycles. The van der Waals surface area contributed by atoms with E-state index in [1.165, 1.54) is 23.5 Å². The molecule has 0 spiro atoms. The minimum atomic E-state index is -1.73. The van der Waals surface area contributed by atoms with E-state index in [0.29, 0.717) is 22.6 Å². The van der Waals surface area contributed by atoms with Gasteiger partial charge < -0.3 is 26.0 Å². The quantitative estimate of drug-likeness (QED) is 0.185. The molecular formula is C24H23ClFN5O3S. The van der Waals surface area contributed by atoms with Crippen molar-refractivity contribution in [1.29, 1.82) is 0 Å². The number of aliphatic hydroxyl groups excluding tert-OH is 2. The fourth-order valence-electron chi connectivity index (χ4n) is 4.23. The number of rotatable bonds is 7. The Labute approximate surface area is 209 Å². The Morgan fingerprint density at radius 3 is 2.71 bits per heavy atom. The number of aliphatic hydroxyl groups is 3. The van der Waals surface area contributed by atoms with Crippen molar-refractivity contribution in [3.8, 4) is 10.6 Å². The SMILES string of the molecule is OCC1CCC(O)(Nc2nc(NCc3cccc(F)c3)nc(Cl)c2-c2nc3ccccc3s2)C1O. The zero-order chi connectivity index (χ0) is 24.6. The van der Waals surface area contributed by atoms with E-state index >= 15 is 0 Å². The normalized spacial score (nSPS) is 22.0. The average Bonchev–Trinajstić information content (AvgIpc) is 3.38. The van der Waals surface area contributed by atoms with Gasteiger partial charge in [-0.25, -0.2) is 14.4 Å². The zero-order valence-corrected chi connectivity index (χ0v) is 20.0. The summed E-state index contributed by atoms with van der Waals surface area (Å²) in [4.78, 5) is 13.5. The highest BCUT2D eigenvalue weighted by atomic mass is 35.5. The number of fused-ring (bicyclic) bond motifs is 1. The third-order valence-electron chi connectivity index (χ3n) is 6.11. The molecule has 0 radical (unpaired) electrons. The second-order valence-corrected chi connectivity index (χ2v) is 9.90. The first-order chi connectivity index (χ1) is 16.9. The number of hydrogen-bond donors (Lipinski definition) is 5. The molecule has 0 amide bonds. The van der Waals surface area contributed by atoms with Crippen LogP contribution in [0.5, 0.6) is 0 Å². The van der Waals surface area contributed by atoms with Gasteiger partial charge >= 0.3 is 0 Å². The van der Waals surface area contributed by atoms with Crippen molar-refractivity contribution in [3.63, 3.8) is 0 Å². The number of para-hydroxylation sites is 1. The number of anilines is 2. The highest BCUT2D eigenvalue weighted by molar-refractivity contribution is 7.21. The molecule has 4 aromatic rings. The van der Waals surface area contributed by atoms with Gasteiger partial charge in [0.05, 0.1) is 15.8 Å². The largest absolute Gasteiger partial charge is 0.396 e. The summed E-state index contributed by atoms with van der Waals surface area (Å²) in [6, 6.07) is 13.7. The molecule has 1 aliphatic carbocycles. The summed E-state index contributed by atoms with van der Waals surface area (Å²) in [5, 5.41) is 38.0. The van der Waals surface area contributed by atoms with Crippen molar-refractivity contribution in [1.82, 2.24) is 15.0 Å². The molecule has 35 heavy (non-hydrogen) atoms. The molecule has 0 bridgehead atoms. The smallest absolute Gasteiger partial charge is 0.226 e. The van der Waals surface area contributed by atoms with Gasteiger partial charge in [0.1, 0.15) is 27.9 Å². The predicted molar refractivity (Wildman–Crippen MR) is 134 cm³/mol. The van der Waals surface area contributed by atoms with Crippen molar-refractivity contribution in [2.24, 2.45) is 5.92 Å². The van der Waals surface area contributed by atoms with Gasteiger partial charge in [0, 0.05) is 19.1 Å². The van der Waals surface area contributed by atoms with Crippen LogP contribution < -0.4 is 10.6 Å². The van der Waals surface area contributed by atoms with E-state index in [9.17, 15) is 19.7 Å². The van der Waals surface area contributed by atoms with Crippen LogP contribution in [0.25, 0.3) is 20.8 Å². The maximum atomic E-state index is 13.6. The second-order valence-electron chi connectivity index (χ2n) is 8.51. The van der Waals surface area contributed by atoms with E-state index in [1.807, 2.05) is 24.3 Å². The minimum absolute atomic E-state index is 0.0955. The number of thiazole rings is 1. The Kier molecular flexibility index (Phi) is 6.56. The van der Waals surface area contributed by atoms with Crippen LogP contribution in [0.2, 0.25) is 5.15 Å². The zero-order valence-electron chi connectivity index (χ0n) is 18.4. The molecule has 1 aliphatic rings. The monoisotopic (exact) mass is 515 g/mol. The van der Waals surface area contributed by atoms with E-state index in [2.05, 4.69) is 25.6 Å². The van der Waals surface area contributed by atoms with Crippen molar-refractivity contribution >= 4 is 44.9 Å². The van der Waals surface area contributed by atoms with Crippen molar-refractivity contribution in [2.45, 2.75) is 31.2 Å². The number of hydrogen-bond acceptors (Lipinski definition) is 9. The lowest BCUT2D eigenvalue weighted by Crippen LogP contribution is -2.48. The fourth-order valence-corrected chi connectivity index (χ4v) is 5.56. The van der Waals surface area contributed by atoms with Gasteiger partial charge in [0.25, 0.3) is 0 Å². The van der Waals surface area contributed by atoms with Crippen LogP contribution >= 0.6 is 22.9 Å². The van der Waals surface area contributed by atoms with Gasteiger partial charge in [-0.2, -0.15) is 4.98 Å². The van der Waals surface area contributed by atoms with E-state index in [0.717, 1.165) is 10.2 Å². The number of nitrogens with one attached hydrogen (secondary N) is 2. The molecule has 8 nitrogen and oxygen atoms in total. The molecule has 5 N–H and O–H groups in total. The summed E-state index contributed by atoms with van der Waals surface area (Å²) in [5.41, 5.74) is 0.126. The van der Waals surface area contributed by atoms with Crippen molar-refractivity contribution in [2.75, 3.05) is 17.2 Å². The predicted octanol–water partition coefficient (Wildman–Crippen LogP) is 4.02. The summed E-state index contributed by atoms with van der Waals surface area (Å²) in [5.74, 6) is -0.485. The Bertz CT molecular complexity index is 1340. The van der Waals surface area contributed by atoms with Gasteiger partial charge in [-0.05, 0) is 42.7 Å². The van der Waals surface area contributed by atoms with E-state index in [1.54, 1.807) is 12.1 Å². The third-order valence-corrected chi connectivity index (χ3v) is 7.44. The molecule has 3 atom stereocenters. The summed E-state index contributed by atoms with van der Waals surface area (Å²) in [7, 11) is 0. The van der Waals surface area contributed by atoms with Crippen molar-refractivity contribution < 1.29 is 19.7 Å². The molecule has 182 valence electrons. The summed E-state index contributed by atoms with van der Waals surface area (Å²) < 4.78 is 14.5. The van der Waals surface area contributed by atoms with Crippen LogP contribution in [-0.2, 0) is 6.54 Å². The number of nitrogens with zero attached hydrogens (tertiary/aromatic N) is 3. The van der Waals surface area contributed by atoms with Crippen LogP contribution in [0.15, 0.2) is 48.5 Å². The van der Waals surface area contributed by atoms with Crippen molar-refractivity contribution in [3.05, 3.63) is 65.1 Å². The second kappa shape index (κ2) is 9.63. The first-order valence-corrected chi connectivity index (χ1v) is 12.3. The molecule has 1 saturated carbocycles. The number of aromatic nitrogens is 3. The van der Waals surface area contributed by atoms with Crippen LogP contribution in [0.4, 0.5) is 16.2 Å². The first kappa shape index (κ1) is 23.8. The Balaban J connectivity index is 1.53. The highest BCUT2D eigenvalue weighted by Crippen LogP contribution is 2.42. The van der Waals surface area contributed by atoms with Gasteiger partial charge in [0.15, 0.2) is 5.72 Å². The van der Waals surface area contributed by atoms with E-state index < -0.39 is 17.7 Å². The number of halogens is 2. The highest BCUT2D eigenvalue weighted by Gasteiger charge is 2.47. The molecule has 2 heterocycles. The summed E-state index contributed by atoms with van der Waals surface area (Å²) >= 11 is 8.02.